The molecular weight excluding hydrogens is 312 g/mol. The summed E-state index contributed by atoms with van der Waals surface area (Å²) in [7, 11) is 0. The van der Waals surface area contributed by atoms with E-state index in [0.29, 0.717) is 5.56 Å². The Bertz CT molecular complexity index is 1070. The van der Waals surface area contributed by atoms with E-state index in [4.69, 9.17) is 5.73 Å². The molecule has 0 spiro atoms. The summed E-state index contributed by atoms with van der Waals surface area (Å²) in [6.45, 7) is 0.817. The number of carbonyl (C=O) groups excluding carboxylic acids is 1. The molecule has 0 fully saturated rings. The average Bonchev–Trinajstić information content (AvgIpc) is 3.06. The number of rotatable bonds is 5. The minimum Gasteiger partial charge on any atom is -0.366 e. The number of fused-ring (bicyclic) bond motifs is 3. The summed E-state index contributed by atoms with van der Waals surface area (Å²) >= 11 is 0. The van der Waals surface area contributed by atoms with E-state index in [1.165, 1.54) is 0 Å². The van der Waals surface area contributed by atoms with Crippen LogP contribution in [0.1, 0.15) is 22.3 Å². The van der Waals surface area contributed by atoms with Crippen molar-refractivity contribution in [2.24, 2.45) is 5.73 Å². The molecule has 0 aliphatic carbocycles. The number of aryl methyl sites for hydroxylation is 2. The number of imidazole rings is 1. The standard InChI is InChI=1S/C20H18N4O/c21-20(25)15-8-2-1-6-14(15)7-5-11-24-13-23-18-12-22-17-10-4-3-9-16(17)19(18)24/h1-4,6,8-10,12-13H,5,7,11H2,(H2,21,25). The average molecular weight is 330 g/mol. The lowest BCUT2D eigenvalue weighted by Gasteiger charge is -2.09. The van der Waals surface area contributed by atoms with E-state index in [1.54, 1.807) is 6.07 Å². The Hall–Kier alpha value is -3.21. The van der Waals surface area contributed by atoms with Crippen LogP contribution in [-0.4, -0.2) is 20.4 Å². The quantitative estimate of drug-likeness (QED) is 0.610. The van der Waals surface area contributed by atoms with Gasteiger partial charge >= 0.3 is 0 Å². The first-order chi connectivity index (χ1) is 12.2. The third kappa shape index (κ3) is 2.85. The molecule has 0 aliphatic heterocycles. The number of amides is 1. The third-order valence-electron chi connectivity index (χ3n) is 4.48. The fourth-order valence-electron chi connectivity index (χ4n) is 3.29. The Morgan fingerprint density at radius 3 is 2.68 bits per heavy atom. The van der Waals surface area contributed by atoms with Crippen molar-refractivity contribution in [1.29, 1.82) is 0 Å². The highest BCUT2D eigenvalue weighted by Gasteiger charge is 2.10. The normalized spacial score (nSPS) is 11.2. The zero-order chi connectivity index (χ0) is 17.2. The Kier molecular flexibility index (Phi) is 3.90. The Morgan fingerprint density at radius 1 is 1.00 bits per heavy atom. The number of primary amides is 1. The van der Waals surface area contributed by atoms with Gasteiger partial charge in [0.2, 0.25) is 5.91 Å². The number of hydrogen-bond donors (Lipinski definition) is 1. The van der Waals surface area contributed by atoms with Crippen LogP contribution in [0.2, 0.25) is 0 Å². The lowest BCUT2D eigenvalue weighted by Crippen LogP contribution is -2.13. The van der Waals surface area contributed by atoms with E-state index in [1.807, 2.05) is 48.9 Å². The molecule has 2 heterocycles. The Balaban J connectivity index is 1.60. The van der Waals surface area contributed by atoms with Gasteiger partial charge in [-0.15, -0.1) is 0 Å². The van der Waals surface area contributed by atoms with Gasteiger partial charge in [-0.25, -0.2) is 4.98 Å². The summed E-state index contributed by atoms with van der Waals surface area (Å²) in [5.74, 6) is -0.374. The molecule has 25 heavy (non-hydrogen) atoms. The number of para-hydroxylation sites is 1. The highest BCUT2D eigenvalue weighted by atomic mass is 16.1. The van der Waals surface area contributed by atoms with Crippen molar-refractivity contribution in [2.45, 2.75) is 19.4 Å². The van der Waals surface area contributed by atoms with E-state index < -0.39 is 0 Å². The monoisotopic (exact) mass is 330 g/mol. The van der Waals surface area contributed by atoms with Crippen LogP contribution in [0.5, 0.6) is 0 Å². The predicted molar refractivity (Wildman–Crippen MR) is 98.3 cm³/mol. The van der Waals surface area contributed by atoms with Crippen LogP contribution >= 0.6 is 0 Å². The van der Waals surface area contributed by atoms with Gasteiger partial charge in [0, 0.05) is 17.5 Å². The van der Waals surface area contributed by atoms with Crippen molar-refractivity contribution in [3.05, 3.63) is 72.2 Å². The van der Waals surface area contributed by atoms with Gasteiger partial charge in [0.1, 0.15) is 5.52 Å². The minimum atomic E-state index is -0.374. The molecule has 0 saturated carbocycles. The summed E-state index contributed by atoms with van der Waals surface area (Å²) in [4.78, 5) is 20.5. The maximum Gasteiger partial charge on any atom is 0.248 e. The Morgan fingerprint density at radius 2 is 1.80 bits per heavy atom. The van der Waals surface area contributed by atoms with Crippen molar-refractivity contribution < 1.29 is 4.79 Å². The van der Waals surface area contributed by atoms with Gasteiger partial charge in [0.15, 0.2) is 0 Å². The summed E-state index contributed by atoms with van der Waals surface area (Å²) in [6, 6.07) is 15.6. The number of hydrogen-bond acceptors (Lipinski definition) is 3. The number of pyridine rings is 1. The number of carbonyl (C=O) groups is 1. The zero-order valence-corrected chi connectivity index (χ0v) is 13.7. The second-order valence-electron chi connectivity index (χ2n) is 6.07. The third-order valence-corrected chi connectivity index (χ3v) is 4.48. The van der Waals surface area contributed by atoms with Crippen molar-refractivity contribution in [2.75, 3.05) is 0 Å². The van der Waals surface area contributed by atoms with E-state index in [9.17, 15) is 4.79 Å². The SMILES string of the molecule is NC(=O)c1ccccc1CCCn1cnc2cnc3ccccc3c21. The summed E-state index contributed by atoms with van der Waals surface area (Å²) < 4.78 is 2.16. The summed E-state index contributed by atoms with van der Waals surface area (Å²) in [6.07, 6.45) is 5.36. The molecule has 0 radical (unpaired) electrons. The smallest absolute Gasteiger partial charge is 0.248 e. The molecule has 124 valence electrons. The second-order valence-corrected chi connectivity index (χ2v) is 6.07. The fraction of sp³-hybridized carbons (Fsp3) is 0.150. The first kappa shape index (κ1) is 15.3. The van der Waals surface area contributed by atoms with Gasteiger partial charge in [-0.3, -0.25) is 9.78 Å². The van der Waals surface area contributed by atoms with Gasteiger partial charge in [-0.05, 0) is 30.5 Å². The van der Waals surface area contributed by atoms with E-state index in [2.05, 4.69) is 20.6 Å². The van der Waals surface area contributed by atoms with Crippen LogP contribution in [0.4, 0.5) is 0 Å². The number of nitrogens with two attached hydrogens (primary N) is 1. The van der Waals surface area contributed by atoms with E-state index >= 15 is 0 Å². The molecule has 0 atom stereocenters. The molecular formula is C20H18N4O. The summed E-state index contributed by atoms with van der Waals surface area (Å²) in [5, 5.41) is 1.11. The molecule has 0 aliphatic rings. The lowest BCUT2D eigenvalue weighted by molar-refractivity contribution is 0.0999. The molecule has 2 aromatic carbocycles. The second kappa shape index (κ2) is 6.36. The van der Waals surface area contributed by atoms with E-state index in [0.717, 1.165) is 46.9 Å². The van der Waals surface area contributed by atoms with Crippen LogP contribution in [0.3, 0.4) is 0 Å². The molecule has 4 rings (SSSR count). The summed E-state index contributed by atoms with van der Waals surface area (Å²) in [5.41, 5.74) is 10.0. The van der Waals surface area contributed by atoms with Crippen molar-refractivity contribution in [1.82, 2.24) is 14.5 Å². The molecule has 2 aromatic heterocycles. The van der Waals surface area contributed by atoms with Crippen LogP contribution in [0.15, 0.2) is 61.1 Å². The molecule has 0 saturated heterocycles. The molecule has 0 bridgehead atoms. The van der Waals surface area contributed by atoms with Crippen LogP contribution < -0.4 is 5.73 Å². The highest BCUT2D eigenvalue weighted by Crippen LogP contribution is 2.23. The van der Waals surface area contributed by atoms with Crippen molar-refractivity contribution in [3.8, 4) is 0 Å². The molecule has 2 N–H and O–H groups in total. The van der Waals surface area contributed by atoms with Gasteiger partial charge < -0.3 is 10.3 Å². The molecule has 1 amide bonds. The van der Waals surface area contributed by atoms with Gasteiger partial charge in [0.05, 0.1) is 23.6 Å². The maximum absolute atomic E-state index is 11.5. The molecule has 5 heteroatoms. The number of benzene rings is 2. The maximum atomic E-state index is 11.5. The number of nitrogens with zero attached hydrogens (tertiary/aromatic N) is 3. The topological polar surface area (TPSA) is 73.8 Å². The minimum absolute atomic E-state index is 0.374. The van der Waals surface area contributed by atoms with Crippen LogP contribution in [-0.2, 0) is 13.0 Å². The predicted octanol–water partition coefficient (Wildman–Crippen LogP) is 3.32. The zero-order valence-electron chi connectivity index (χ0n) is 13.7. The highest BCUT2D eigenvalue weighted by molar-refractivity contribution is 6.01. The fourth-order valence-corrected chi connectivity index (χ4v) is 3.29. The van der Waals surface area contributed by atoms with E-state index in [-0.39, 0.29) is 5.91 Å². The van der Waals surface area contributed by atoms with Crippen LogP contribution in [0.25, 0.3) is 21.9 Å². The van der Waals surface area contributed by atoms with Crippen LogP contribution in [0, 0.1) is 0 Å². The lowest BCUT2D eigenvalue weighted by atomic mass is 10.0. The van der Waals surface area contributed by atoms with Gasteiger partial charge in [-0.1, -0.05) is 36.4 Å². The van der Waals surface area contributed by atoms with Crippen molar-refractivity contribution in [3.63, 3.8) is 0 Å². The van der Waals surface area contributed by atoms with Crippen molar-refractivity contribution >= 4 is 27.8 Å². The molecule has 5 nitrogen and oxygen atoms in total. The number of aromatic nitrogens is 3. The molecule has 4 aromatic rings. The molecule has 0 unspecified atom stereocenters. The first-order valence-corrected chi connectivity index (χ1v) is 8.30. The largest absolute Gasteiger partial charge is 0.366 e. The van der Waals surface area contributed by atoms with Gasteiger partial charge in [0.25, 0.3) is 0 Å². The van der Waals surface area contributed by atoms with Gasteiger partial charge in [-0.2, -0.15) is 0 Å². The first-order valence-electron chi connectivity index (χ1n) is 8.30. The Labute approximate surface area is 145 Å².